The van der Waals surface area contributed by atoms with Gasteiger partial charge in [-0.05, 0) is 46.1 Å². The first-order valence-electron chi connectivity index (χ1n) is 9.89. The van der Waals surface area contributed by atoms with Gasteiger partial charge in [0.1, 0.15) is 6.61 Å². The van der Waals surface area contributed by atoms with Gasteiger partial charge in [0, 0.05) is 32.7 Å². The standard InChI is InChI=1S/C22H29BrN2O3.2ClH/c1-2-27-21-15-19(16-24-8-9-25-10-12-26-13-11-25)14-20(23)22(21)28-17-18-6-4-3-5-7-18;;/h3-7,14-15,24H,2,8-13,16-17H2,1H3;2*1H. The molecule has 1 heterocycles. The van der Waals surface area contributed by atoms with Gasteiger partial charge in [-0.1, -0.05) is 30.3 Å². The van der Waals surface area contributed by atoms with Crippen LogP contribution in [0.4, 0.5) is 0 Å². The molecule has 0 saturated carbocycles. The van der Waals surface area contributed by atoms with Crippen molar-refractivity contribution in [3.8, 4) is 11.5 Å². The molecule has 1 saturated heterocycles. The molecule has 3 rings (SSSR count). The van der Waals surface area contributed by atoms with E-state index < -0.39 is 0 Å². The van der Waals surface area contributed by atoms with Gasteiger partial charge in [-0.25, -0.2) is 0 Å². The molecule has 1 fully saturated rings. The fourth-order valence-corrected chi connectivity index (χ4v) is 3.75. The monoisotopic (exact) mass is 520 g/mol. The Labute approximate surface area is 200 Å². The van der Waals surface area contributed by atoms with Crippen LogP contribution >= 0.6 is 40.7 Å². The lowest BCUT2D eigenvalue weighted by Crippen LogP contribution is -2.40. The van der Waals surface area contributed by atoms with Gasteiger partial charge < -0.3 is 19.5 Å². The van der Waals surface area contributed by atoms with Gasteiger partial charge in [-0.2, -0.15) is 0 Å². The lowest BCUT2D eigenvalue weighted by atomic mass is 10.2. The molecule has 0 unspecified atom stereocenters. The third-order valence-electron chi connectivity index (χ3n) is 4.63. The van der Waals surface area contributed by atoms with Gasteiger partial charge in [0.25, 0.3) is 0 Å². The predicted molar refractivity (Wildman–Crippen MR) is 130 cm³/mol. The van der Waals surface area contributed by atoms with Crippen LogP contribution in [-0.2, 0) is 17.9 Å². The molecule has 0 radical (unpaired) electrons. The molecule has 2 aromatic rings. The van der Waals surface area contributed by atoms with Crippen molar-refractivity contribution in [1.82, 2.24) is 10.2 Å². The molecule has 1 aliphatic rings. The van der Waals surface area contributed by atoms with Gasteiger partial charge in [0.2, 0.25) is 0 Å². The summed E-state index contributed by atoms with van der Waals surface area (Å²) >= 11 is 3.66. The number of hydrogen-bond donors (Lipinski definition) is 1. The largest absolute Gasteiger partial charge is 0.490 e. The van der Waals surface area contributed by atoms with Crippen molar-refractivity contribution in [3.05, 3.63) is 58.1 Å². The van der Waals surface area contributed by atoms with E-state index in [1.54, 1.807) is 0 Å². The number of nitrogens with zero attached hydrogens (tertiary/aromatic N) is 1. The minimum atomic E-state index is 0. The van der Waals surface area contributed by atoms with Crippen LogP contribution in [0.15, 0.2) is 46.9 Å². The fourth-order valence-electron chi connectivity index (χ4n) is 3.15. The molecule has 8 heteroatoms. The zero-order valence-corrected chi connectivity index (χ0v) is 20.5. The van der Waals surface area contributed by atoms with Gasteiger partial charge in [-0.3, -0.25) is 4.90 Å². The molecule has 2 aromatic carbocycles. The minimum absolute atomic E-state index is 0. The molecular weight excluding hydrogens is 491 g/mol. The Hall–Kier alpha value is -1.02. The molecule has 0 amide bonds. The highest BCUT2D eigenvalue weighted by atomic mass is 79.9. The molecule has 30 heavy (non-hydrogen) atoms. The van der Waals surface area contributed by atoms with Crippen LogP contribution in [0, 0.1) is 0 Å². The summed E-state index contributed by atoms with van der Waals surface area (Å²) in [5.41, 5.74) is 2.30. The number of benzene rings is 2. The molecule has 0 aromatic heterocycles. The summed E-state index contributed by atoms with van der Waals surface area (Å²) in [5, 5.41) is 3.52. The van der Waals surface area contributed by atoms with E-state index in [2.05, 4.69) is 50.4 Å². The average Bonchev–Trinajstić information content (AvgIpc) is 2.72. The van der Waals surface area contributed by atoms with Crippen LogP contribution in [0.1, 0.15) is 18.1 Å². The van der Waals surface area contributed by atoms with Gasteiger partial charge in [0.15, 0.2) is 11.5 Å². The van der Waals surface area contributed by atoms with E-state index in [1.165, 1.54) is 5.56 Å². The zero-order chi connectivity index (χ0) is 19.6. The van der Waals surface area contributed by atoms with E-state index >= 15 is 0 Å². The SMILES string of the molecule is CCOc1cc(CNCCN2CCOCC2)cc(Br)c1OCc1ccccc1.Cl.Cl. The zero-order valence-electron chi connectivity index (χ0n) is 17.3. The number of nitrogens with one attached hydrogen (secondary N) is 1. The number of hydrogen-bond acceptors (Lipinski definition) is 5. The molecule has 0 atom stereocenters. The molecule has 5 nitrogen and oxygen atoms in total. The third kappa shape index (κ3) is 8.61. The van der Waals surface area contributed by atoms with Crippen molar-refractivity contribution in [2.45, 2.75) is 20.1 Å². The molecular formula is C22H31BrCl2N2O3. The number of ether oxygens (including phenoxy) is 3. The lowest BCUT2D eigenvalue weighted by Gasteiger charge is -2.26. The quantitative estimate of drug-likeness (QED) is 0.459. The van der Waals surface area contributed by atoms with Crippen molar-refractivity contribution < 1.29 is 14.2 Å². The molecule has 168 valence electrons. The van der Waals surface area contributed by atoms with E-state index in [1.807, 2.05) is 25.1 Å². The Balaban J connectivity index is 0.00000225. The summed E-state index contributed by atoms with van der Waals surface area (Å²) in [7, 11) is 0. The molecule has 0 spiro atoms. The highest BCUT2D eigenvalue weighted by Gasteiger charge is 2.13. The van der Waals surface area contributed by atoms with E-state index in [0.717, 1.165) is 67.5 Å². The van der Waals surface area contributed by atoms with E-state index in [0.29, 0.717) is 13.2 Å². The van der Waals surface area contributed by atoms with Crippen LogP contribution in [0.3, 0.4) is 0 Å². The minimum Gasteiger partial charge on any atom is -0.490 e. The van der Waals surface area contributed by atoms with Crippen molar-refractivity contribution in [2.75, 3.05) is 46.0 Å². The van der Waals surface area contributed by atoms with E-state index in [9.17, 15) is 0 Å². The van der Waals surface area contributed by atoms with Crippen LogP contribution < -0.4 is 14.8 Å². The van der Waals surface area contributed by atoms with Crippen molar-refractivity contribution >= 4 is 40.7 Å². The first-order valence-corrected chi connectivity index (χ1v) is 10.7. The lowest BCUT2D eigenvalue weighted by molar-refractivity contribution is 0.0384. The Kier molecular flexibility index (Phi) is 13.4. The third-order valence-corrected chi connectivity index (χ3v) is 5.22. The number of halogens is 3. The van der Waals surface area contributed by atoms with Gasteiger partial charge in [0.05, 0.1) is 24.3 Å². The topological polar surface area (TPSA) is 43.0 Å². The summed E-state index contributed by atoms with van der Waals surface area (Å²) in [6, 6.07) is 14.3. The summed E-state index contributed by atoms with van der Waals surface area (Å²) in [6.45, 7) is 9.62. The maximum atomic E-state index is 6.06. The first-order chi connectivity index (χ1) is 13.8. The average molecular weight is 522 g/mol. The summed E-state index contributed by atoms with van der Waals surface area (Å²) in [6.07, 6.45) is 0. The summed E-state index contributed by atoms with van der Waals surface area (Å²) in [5.74, 6) is 1.53. The second kappa shape index (κ2) is 14.9. The molecule has 0 aliphatic carbocycles. The second-order valence-corrected chi connectivity index (χ2v) is 7.60. The van der Waals surface area contributed by atoms with E-state index in [4.69, 9.17) is 14.2 Å². The maximum absolute atomic E-state index is 6.06. The van der Waals surface area contributed by atoms with Crippen LogP contribution in [-0.4, -0.2) is 50.9 Å². The normalized spacial score (nSPS) is 13.8. The van der Waals surface area contributed by atoms with Crippen molar-refractivity contribution in [1.29, 1.82) is 0 Å². The van der Waals surface area contributed by atoms with Crippen molar-refractivity contribution in [2.24, 2.45) is 0 Å². The Morgan fingerprint density at radius 3 is 2.47 bits per heavy atom. The number of rotatable bonds is 10. The fraction of sp³-hybridized carbons (Fsp3) is 0.455. The van der Waals surface area contributed by atoms with Gasteiger partial charge >= 0.3 is 0 Å². The van der Waals surface area contributed by atoms with Crippen molar-refractivity contribution in [3.63, 3.8) is 0 Å². The molecule has 0 bridgehead atoms. The highest BCUT2D eigenvalue weighted by molar-refractivity contribution is 9.10. The summed E-state index contributed by atoms with van der Waals surface area (Å²) < 4.78 is 18.2. The molecule has 1 N–H and O–H groups in total. The first kappa shape index (κ1) is 27.0. The Morgan fingerprint density at radius 2 is 1.77 bits per heavy atom. The van der Waals surface area contributed by atoms with Crippen LogP contribution in [0.2, 0.25) is 0 Å². The highest BCUT2D eigenvalue weighted by Crippen LogP contribution is 2.37. The Morgan fingerprint density at radius 1 is 1.03 bits per heavy atom. The second-order valence-electron chi connectivity index (χ2n) is 6.74. The maximum Gasteiger partial charge on any atom is 0.175 e. The van der Waals surface area contributed by atoms with Crippen LogP contribution in [0.5, 0.6) is 11.5 Å². The number of morpholine rings is 1. The van der Waals surface area contributed by atoms with E-state index in [-0.39, 0.29) is 24.8 Å². The Bertz CT molecular complexity index is 732. The summed E-state index contributed by atoms with van der Waals surface area (Å²) in [4.78, 5) is 2.43. The van der Waals surface area contributed by atoms with Crippen LogP contribution in [0.25, 0.3) is 0 Å². The van der Waals surface area contributed by atoms with Gasteiger partial charge in [-0.15, -0.1) is 24.8 Å². The predicted octanol–water partition coefficient (Wildman–Crippen LogP) is 4.69. The smallest absolute Gasteiger partial charge is 0.175 e. The molecule has 1 aliphatic heterocycles.